The lowest BCUT2D eigenvalue weighted by Gasteiger charge is -2.20. The summed E-state index contributed by atoms with van der Waals surface area (Å²) < 4.78 is 5.15. The molecule has 0 radical (unpaired) electrons. The first-order chi connectivity index (χ1) is 9.29. The fourth-order valence-electron chi connectivity index (χ4n) is 1.92. The Morgan fingerprint density at radius 3 is 2.84 bits per heavy atom. The maximum absolute atomic E-state index is 12.0. The van der Waals surface area contributed by atoms with Crippen molar-refractivity contribution in [3.05, 3.63) is 24.3 Å². The summed E-state index contributed by atoms with van der Waals surface area (Å²) in [4.78, 5) is 12.0. The Kier molecular flexibility index (Phi) is 5.10. The summed E-state index contributed by atoms with van der Waals surface area (Å²) in [5.41, 5.74) is 0.764. The number of hydrogen-bond donors (Lipinski definition) is 1. The van der Waals surface area contributed by atoms with Crippen LogP contribution >= 0.6 is 11.8 Å². The number of benzene rings is 1. The minimum atomic E-state index is 0.0322. The van der Waals surface area contributed by atoms with E-state index in [0.717, 1.165) is 24.3 Å². The molecule has 2 rings (SSSR count). The lowest BCUT2D eigenvalue weighted by molar-refractivity contribution is -0.115. The van der Waals surface area contributed by atoms with Crippen molar-refractivity contribution in [3.8, 4) is 11.8 Å². The highest BCUT2D eigenvalue weighted by Gasteiger charge is 2.21. The topological polar surface area (TPSA) is 62.1 Å². The number of nitriles is 1. The van der Waals surface area contributed by atoms with Crippen LogP contribution in [0.5, 0.6) is 5.75 Å². The highest BCUT2D eigenvalue weighted by molar-refractivity contribution is 8.00. The minimum Gasteiger partial charge on any atom is -0.479 e. The van der Waals surface area contributed by atoms with E-state index in [1.807, 2.05) is 6.07 Å². The summed E-state index contributed by atoms with van der Waals surface area (Å²) >= 11 is 1.73. The van der Waals surface area contributed by atoms with Crippen molar-refractivity contribution in [1.82, 2.24) is 0 Å². The quantitative estimate of drug-likeness (QED) is 0.918. The molecule has 0 spiro atoms. The zero-order valence-electron chi connectivity index (χ0n) is 10.6. The van der Waals surface area contributed by atoms with E-state index < -0.39 is 0 Å². The number of carbonyl (C=O) groups excluding carboxylic acids is 1. The smallest absolute Gasteiger partial charge is 0.237 e. The Morgan fingerprint density at radius 1 is 1.42 bits per heavy atom. The van der Waals surface area contributed by atoms with Crippen LogP contribution in [-0.4, -0.2) is 23.5 Å². The molecule has 1 heterocycles. The largest absolute Gasteiger partial charge is 0.479 e. The maximum Gasteiger partial charge on any atom is 0.237 e. The molecule has 1 N–H and O–H groups in total. The number of hydrogen-bond acceptors (Lipinski definition) is 4. The Bertz CT molecular complexity index is 461. The van der Waals surface area contributed by atoms with Gasteiger partial charge >= 0.3 is 0 Å². The van der Waals surface area contributed by atoms with Gasteiger partial charge in [-0.25, -0.2) is 0 Å². The third-order valence-electron chi connectivity index (χ3n) is 2.90. The van der Waals surface area contributed by atoms with Crippen LogP contribution in [0.15, 0.2) is 24.3 Å². The van der Waals surface area contributed by atoms with Crippen LogP contribution in [0.25, 0.3) is 0 Å². The molecule has 1 aromatic rings. The zero-order valence-corrected chi connectivity index (χ0v) is 11.4. The molecule has 1 aromatic carbocycles. The van der Waals surface area contributed by atoms with Crippen LogP contribution in [0.2, 0.25) is 0 Å². The van der Waals surface area contributed by atoms with Gasteiger partial charge in [0.15, 0.2) is 6.61 Å². The summed E-state index contributed by atoms with van der Waals surface area (Å²) in [6, 6.07) is 8.99. The molecule has 1 saturated heterocycles. The summed E-state index contributed by atoms with van der Waals surface area (Å²) in [5.74, 6) is 1.78. The van der Waals surface area contributed by atoms with Gasteiger partial charge in [0.1, 0.15) is 11.8 Å². The molecule has 5 heteroatoms. The number of anilines is 1. The molecule has 4 nitrogen and oxygen atoms in total. The first-order valence-corrected chi connectivity index (χ1v) is 7.37. The highest BCUT2D eigenvalue weighted by atomic mass is 32.2. The van der Waals surface area contributed by atoms with E-state index in [2.05, 4.69) is 5.32 Å². The Balaban J connectivity index is 1.88. The number of nitrogens with zero attached hydrogens (tertiary/aromatic N) is 1. The number of nitrogens with one attached hydrogen (secondary N) is 1. The Labute approximate surface area is 117 Å². The second-order valence-electron chi connectivity index (χ2n) is 4.32. The van der Waals surface area contributed by atoms with Crippen molar-refractivity contribution in [2.45, 2.75) is 24.5 Å². The van der Waals surface area contributed by atoms with Crippen LogP contribution in [0.3, 0.4) is 0 Å². The first kappa shape index (κ1) is 13.8. The number of thioether (sulfide) groups is 1. The summed E-state index contributed by atoms with van der Waals surface area (Å²) in [6.45, 7) is 0.0322. The Morgan fingerprint density at radius 2 is 2.21 bits per heavy atom. The monoisotopic (exact) mass is 276 g/mol. The molecule has 1 unspecified atom stereocenters. The third kappa shape index (κ3) is 4.18. The van der Waals surface area contributed by atoms with Crippen molar-refractivity contribution in [2.75, 3.05) is 17.7 Å². The lowest BCUT2D eigenvalue weighted by Crippen LogP contribution is -2.27. The fraction of sp³-hybridized carbons (Fsp3) is 0.429. The summed E-state index contributed by atoms with van der Waals surface area (Å²) in [7, 11) is 0. The van der Waals surface area contributed by atoms with Gasteiger partial charge in [0.25, 0.3) is 0 Å². The van der Waals surface area contributed by atoms with Gasteiger partial charge < -0.3 is 10.1 Å². The molecule has 0 bridgehead atoms. The molecule has 1 aliphatic rings. The molecule has 1 aliphatic heterocycles. The van der Waals surface area contributed by atoms with Gasteiger partial charge in [-0.1, -0.05) is 6.42 Å². The van der Waals surface area contributed by atoms with Crippen LogP contribution < -0.4 is 10.1 Å². The van der Waals surface area contributed by atoms with Gasteiger partial charge in [0.05, 0.1) is 5.25 Å². The van der Waals surface area contributed by atoms with Crippen LogP contribution in [0.4, 0.5) is 5.69 Å². The predicted octanol–water partition coefficient (Wildman–Crippen LogP) is 2.81. The number of amides is 1. The molecule has 1 amide bonds. The van der Waals surface area contributed by atoms with E-state index in [4.69, 9.17) is 10.00 Å². The molecule has 100 valence electrons. The molecule has 1 atom stereocenters. The van der Waals surface area contributed by atoms with Crippen LogP contribution in [-0.2, 0) is 4.79 Å². The van der Waals surface area contributed by atoms with E-state index in [9.17, 15) is 4.79 Å². The van der Waals surface area contributed by atoms with Gasteiger partial charge in [-0.15, -0.1) is 11.8 Å². The molecule has 0 aromatic heterocycles. The zero-order chi connectivity index (χ0) is 13.5. The van der Waals surface area contributed by atoms with E-state index in [-0.39, 0.29) is 17.8 Å². The van der Waals surface area contributed by atoms with E-state index in [1.165, 1.54) is 6.42 Å². The standard InChI is InChI=1S/C14H16N2O2S/c15-8-9-18-12-6-4-11(5-7-12)16-14(17)13-3-1-2-10-19-13/h4-7,13H,1-3,9-10H2,(H,16,17). The van der Waals surface area contributed by atoms with E-state index in [0.29, 0.717) is 5.75 Å². The fourth-order valence-corrected chi connectivity index (χ4v) is 3.12. The van der Waals surface area contributed by atoms with Crippen molar-refractivity contribution in [1.29, 1.82) is 5.26 Å². The van der Waals surface area contributed by atoms with Gasteiger partial charge in [0.2, 0.25) is 5.91 Å². The molecular weight excluding hydrogens is 260 g/mol. The van der Waals surface area contributed by atoms with Crippen LogP contribution in [0, 0.1) is 11.3 Å². The minimum absolute atomic E-state index is 0.0322. The number of ether oxygens (including phenoxy) is 1. The third-order valence-corrected chi connectivity index (χ3v) is 4.27. The van der Waals surface area contributed by atoms with E-state index >= 15 is 0 Å². The van der Waals surface area contributed by atoms with Gasteiger partial charge in [0, 0.05) is 5.69 Å². The second-order valence-corrected chi connectivity index (χ2v) is 5.63. The average Bonchev–Trinajstić information content (AvgIpc) is 2.47. The Hall–Kier alpha value is -1.67. The first-order valence-electron chi connectivity index (χ1n) is 6.32. The van der Waals surface area contributed by atoms with Crippen molar-refractivity contribution in [2.24, 2.45) is 0 Å². The normalized spacial score (nSPS) is 18.4. The van der Waals surface area contributed by atoms with Crippen LogP contribution in [0.1, 0.15) is 19.3 Å². The number of carbonyl (C=O) groups is 1. The van der Waals surface area contributed by atoms with Gasteiger partial charge in [-0.05, 0) is 42.9 Å². The SMILES string of the molecule is N#CCOc1ccc(NC(=O)C2CCCCS2)cc1. The van der Waals surface area contributed by atoms with Gasteiger partial charge in [-0.3, -0.25) is 4.79 Å². The predicted molar refractivity (Wildman–Crippen MR) is 76.3 cm³/mol. The van der Waals surface area contributed by atoms with Gasteiger partial charge in [-0.2, -0.15) is 5.26 Å². The maximum atomic E-state index is 12.0. The number of rotatable bonds is 4. The molecule has 0 saturated carbocycles. The van der Waals surface area contributed by atoms with Crippen molar-refractivity contribution in [3.63, 3.8) is 0 Å². The van der Waals surface area contributed by atoms with Crippen molar-refractivity contribution < 1.29 is 9.53 Å². The van der Waals surface area contributed by atoms with Crippen molar-refractivity contribution >= 4 is 23.4 Å². The van der Waals surface area contributed by atoms with E-state index in [1.54, 1.807) is 36.0 Å². The molecule has 1 fully saturated rings. The second kappa shape index (κ2) is 7.05. The highest BCUT2D eigenvalue weighted by Crippen LogP contribution is 2.26. The lowest BCUT2D eigenvalue weighted by atomic mass is 10.2. The summed E-state index contributed by atoms with van der Waals surface area (Å²) in [6.07, 6.45) is 3.30. The molecule has 19 heavy (non-hydrogen) atoms. The summed E-state index contributed by atoms with van der Waals surface area (Å²) in [5, 5.41) is 11.4. The molecular formula is C14H16N2O2S. The molecule has 0 aliphatic carbocycles. The average molecular weight is 276 g/mol.